The normalized spacial score (nSPS) is 16.4. The molecule has 0 unspecified atom stereocenters. The van der Waals surface area contributed by atoms with Gasteiger partial charge in [-0.1, -0.05) is 6.07 Å². The molecular weight excluding hydrogens is 823 g/mol. The van der Waals surface area contributed by atoms with Crippen molar-refractivity contribution >= 4 is 44.8 Å². The maximum Gasteiger partial charge on any atom is 0.425 e. The summed E-state index contributed by atoms with van der Waals surface area (Å²) < 4.78 is 106. The topological polar surface area (TPSA) is 159 Å². The molecule has 0 bridgehead atoms. The van der Waals surface area contributed by atoms with E-state index in [1.807, 2.05) is 0 Å². The number of hydrogen-bond acceptors (Lipinski definition) is 10. The summed E-state index contributed by atoms with van der Waals surface area (Å²) in [4.78, 5) is 44.5. The van der Waals surface area contributed by atoms with E-state index in [0.717, 1.165) is 18.2 Å². The highest BCUT2D eigenvalue weighted by atomic mass is 32.2. The first-order valence-electron chi connectivity index (χ1n) is 19.9. The Morgan fingerprint density at radius 3 is 1.87 bits per heavy atom. The summed E-state index contributed by atoms with van der Waals surface area (Å²) in [5.74, 6) is -7.11. The number of pyridine rings is 1. The average Bonchev–Trinajstić information content (AvgIpc) is 3.49. The molecule has 0 aliphatic heterocycles. The molecule has 0 atom stereocenters. The van der Waals surface area contributed by atoms with E-state index in [2.05, 4.69) is 10.3 Å². The molecule has 1 aliphatic carbocycles. The van der Waals surface area contributed by atoms with Crippen LogP contribution in [0.3, 0.4) is 0 Å². The number of halogens is 4. The number of sulfone groups is 1. The van der Waals surface area contributed by atoms with Crippen molar-refractivity contribution in [2.75, 3.05) is 4.90 Å². The largest absolute Gasteiger partial charge is 0.444 e. The molecule has 0 spiro atoms. The Bertz CT molecular complexity index is 2400. The number of amides is 3. The van der Waals surface area contributed by atoms with Crippen molar-refractivity contribution in [1.82, 2.24) is 20.1 Å². The highest BCUT2D eigenvalue weighted by Crippen LogP contribution is 2.44. The van der Waals surface area contributed by atoms with Crippen LogP contribution in [0.4, 0.5) is 37.8 Å². The van der Waals surface area contributed by atoms with Gasteiger partial charge in [-0.15, -0.1) is 0 Å². The van der Waals surface area contributed by atoms with Gasteiger partial charge in [0.25, 0.3) is 0 Å². The number of imide groups is 1. The van der Waals surface area contributed by atoms with E-state index in [4.69, 9.17) is 19.3 Å². The van der Waals surface area contributed by atoms with Crippen molar-refractivity contribution in [3.63, 3.8) is 0 Å². The molecule has 1 saturated carbocycles. The van der Waals surface area contributed by atoms with Gasteiger partial charge in [-0.2, -0.15) is 10.00 Å². The van der Waals surface area contributed by atoms with Crippen LogP contribution in [-0.4, -0.2) is 64.3 Å². The molecular formula is C43H53F4N5O8S. The minimum Gasteiger partial charge on any atom is -0.444 e. The first kappa shape index (κ1) is 46.8. The molecule has 61 heavy (non-hydrogen) atoms. The molecule has 2 aromatic heterocycles. The molecule has 2 aromatic carbocycles. The van der Waals surface area contributed by atoms with Crippen LogP contribution < -0.4 is 10.2 Å². The number of nitrogens with zero attached hydrogens (tertiary/aromatic N) is 4. The molecule has 0 radical (unpaired) electrons. The van der Waals surface area contributed by atoms with Gasteiger partial charge in [-0.05, 0) is 138 Å². The van der Waals surface area contributed by atoms with Crippen molar-refractivity contribution in [2.24, 2.45) is 0 Å². The predicted octanol–water partition coefficient (Wildman–Crippen LogP) is 10.4. The number of benzene rings is 2. The zero-order valence-corrected chi connectivity index (χ0v) is 37.0. The van der Waals surface area contributed by atoms with E-state index in [0.29, 0.717) is 53.8 Å². The van der Waals surface area contributed by atoms with Crippen LogP contribution in [-0.2, 0) is 29.8 Å². The highest BCUT2D eigenvalue weighted by molar-refractivity contribution is 7.90. The van der Waals surface area contributed by atoms with Crippen molar-refractivity contribution in [1.29, 1.82) is 0 Å². The third-order valence-electron chi connectivity index (χ3n) is 9.44. The van der Waals surface area contributed by atoms with E-state index in [9.17, 15) is 31.6 Å². The first-order valence-corrected chi connectivity index (χ1v) is 21.5. The quantitative estimate of drug-likeness (QED) is 0.133. The molecule has 3 amide bonds. The van der Waals surface area contributed by atoms with Crippen molar-refractivity contribution in [3.05, 3.63) is 70.9 Å². The van der Waals surface area contributed by atoms with Crippen molar-refractivity contribution in [3.8, 4) is 11.3 Å². The molecule has 332 valence electrons. The summed E-state index contributed by atoms with van der Waals surface area (Å²) >= 11 is 0. The van der Waals surface area contributed by atoms with Crippen LogP contribution in [0.5, 0.6) is 0 Å². The van der Waals surface area contributed by atoms with Gasteiger partial charge in [0.2, 0.25) is 0 Å². The fourth-order valence-corrected chi connectivity index (χ4v) is 8.54. The Balaban J connectivity index is 1.72. The van der Waals surface area contributed by atoms with Gasteiger partial charge in [-0.25, -0.2) is 45.3 Å². The third-order valence-corrected chi connectivity index (χ3v) is 11.1. The second-order valence-corrected chi connectivity index (χ2v) is 20.3. The molecule has 4 aromatic rings. The molecule has 13 nitrogen and oxygen atoms in total. The van der Waals surface area contributed by atoms with E-state index in [1.165, 1.54) is 10.9 Å². The molecule has 18 heteroatoms. The summed E-state index contributed by atoms with van der Waals surface area (Å²) in [6.07, 6.45) is 0.715. The SMILES string of the molecule is CC(C)n1nc(-c2cc(F)c(CS(=O)(=O)c3c(F)cccc3F)cc2F)c2c(N(C(=O)OC(C)(C)C)C(=O)OC(C)(C)C)ncc(C3CCC(NC(=O)OC(C)(C)C)CC3)c21. The number of anilines is 1. The van der Waals surface area contributed by atoms with Crippen LogP contribution in [0.2, 0.25) is 0 Å². The second-order valence-electron chi connectivity index (χ2n) is 18.4. The maximum atomic E-state index is 16.6. The minimum absolute atomic E-state index is 0.0518. The monoisotopic (exact) mass is 875 g/mol. The lowest BCUT2D eigenvalue weighted by Gasteiger charge is -2.31. The van der Waals surface area contributed by atoms with E-state index >= 15 is 8.78 Å². The first-order chi connectivity index (χ1) is 28.1. The van der Waals surface area contributed by atoms with Crippen molar-refractivity contribution in [2.45, 2.75) is 147 Å². The summed E-state index contributed by atoms with van der Waals surface area (Å²) in [5, 5.41) is 7.60. The number of carbonyl (C=O) groups is 3. The van der Waals surface area contributed by atoms with Crippen molar-refractivity contribution < 1.29 is 54.6 Å². The number of aromatic nitrogens is 3. The summed E-state index contributed by atoms with van der Waals surface area (Å²) in [6, 6.07) is 3.06. The van der Waals surface area contributed by atoms with Gasteiger partial charge in [0.15, 0.2) is 15.7 Å². The van der Waals surface area contributed by atoms with Crippen LogP contribution in [0.1, 0.15) is 125 Å². The highest BCUT2D eigenvalue weighted by Gasteiger charge is 2.39. The van der Waals surface area contributed by atoms with Gasteiger partial charge in [-0.3, -0.25) is 4.68 Å². The zero-order valence-electron chi connectivity index (χ0n) is 36.2. The lowest BCUT2D eigenvalue weighted by atomic mass is 9.81. The maximum absolute atomic E-state index is 16.6. The Labute approximate surface area is 353 Å². The standard InChI is InChI=1S/C43H53F4N5O8S/c1-23(2)52-35-28(24-15-17-26(18-16-24)49-38(53)58-41(3,4)5)21-48-37(51(39(54)59-42(6,7)8)40(55)60-43(9,10)11)33(35)34(50-52)27-20-31(46)25(19-32(27)47)22-61(56,57)36-29(44)13-12-14-30(36)45/h12-14,19-21,23-24,26H,15-18,22H2,1-11H3,(H,49,53). The summed E-state index contributed by atoms with van der Waals surface area (Å²) in [6.45, 7) is 18.4. The van der Waals surface area contributed by atoms with Gasteiger partial charge < -0.3 is 19.5 Å². The fraction of sp³-hybridized carbons (Fsp3) is 0.512. The van der Waals surface area contributed by atoms with Gasteiger partial charge >= 0.3 is 18.3 Å². The molecule has 2 heterocycles. The number of hydrogen-bond donors (Lipinski definition) is 1. The molecule has 5 rings (SSSR count). The lowest BCUT2D eigenvalue weighted by Crippen LogP contribution is -2.44. The fourth-order valence-electron chi connectivity index (χ4n) is 7.03. The lowest BCUT2D eigenvalue weighted by molar-refractivity contribution is 0.0425. The van der Waals surface area contributed by atoms with Gasteiger partial charge in [0, 0.05) is 29.4 Å². The van der Waals surface area contributed by atoms with Crippen LogP contribution in [0.15, 0.2) is 41.4 Å². The number of carbonyl (C=O) groups excluding carboxylic acids is 3. The number of fused-ring (bicyclic) bond motifs is 1. The average molecular weight is 876 g/mol. The third kappa shape index (κ3) is 11.0. The molecule has 1 fully saturated rings. The summed E-state index contributed by atoms with van der Waals surface area (Å²) in [5.41, 5.74) is -3.50. The Hall–Kier alpha value is -5.26. The van der Waals surface area contributed by atoms with Gasteiger partial charge in [0.1, 0.15) is 50.7 Å². The second kappa shape index (κ2) is 17.2. The Kier molecular flexibility index (Phi) is 13.2. The van der Waals surface area contributed by atoms with Crippen LogP contribution in [0, 0.1) is 23.3 Å². The Morgan fingerprint density at radius 1 is 0.820 bits per heavy atom. The van der Waals surface area contributed by atoms with Crippen LogP contribution >= 0.6 is 0 Å². The van der Waals surface area contributed by atoms with Gasteiger partial charge in [0.05, 0.1) is 16.7 Å². The van der Waals surface area contributed by atoms with E-state index in [-0.39, 0.29) is 28.9 Å². The van der Waals surface area contributed by atoms with E-state index < -0.39 is 96.0 Å². The zero-order chi connectivity index (χ0) is 45.6. The summed E-state index contributed by atoms with van der Waals surface area (Å²) in [7, 11) is -4.86. The molecule has 1 N–H and O–H groups in total. The number of ether oxygens (including phenoxy) is 3. The number of alkyl carbamates (subject to hydrolysis) is 1. The number of rotatable bonds is 8. The molecule has 1 aliphatic rings. The van der Waals surface area contributed by atoms with Crippen LogP contribution in [0.25, 0.3) is 22.2 Å². The predicted molar refractivity (Wildman–Crippen MR) is 220 cm³/mol. The molecule has 0 saturated heterocycles. The number of nitrogens with one attached hydrogen (secondary N) is 1. The smallest absolute Gasteiger partial charge is 0.425 e. The Morgan fingerprint density at radius 2 is 1.36 bits per heavy atom. The minimum atomic E-state index is -4.86. The van der Waals surface area contributed by atoms with E-state index in [1.54, 1.807) is 76.2 Å².